The van der Waals surface area contributed by atoms with Crippen LogP contribution in [0.4, 0.5) is 11.6 Å². The van der Waals surface area contributed by atoms with E-state index in [-0.39, 0.29) is 11.8 Å². The molecule has 0 radical (unpaired) electrons. The van der Waals surface area contributed by atoms with E-state index in [1.807, 2.05) is 0 Å². The number of hydrogen-bond donors (Lipinski definition) is 1. The van der Waals surface area contributed by atoms with E-state index in [2.05, 4.69) is 20.2 Å². The molecule has 1 aliphatic rings. The highest BCUT2D eigenvalue weighted by Crippen LogP contribution is 2.30. The predicted octanol–water partition coefficient (Wildman–Crippen LogP) is 2.35. The van der Waals surface area contributed by atoms with E-state index in [1.54, 1.807) is 50.9 Å². The van der Waals surface area contributed by atoms with Crippen LogP contribution in [-0.2, 0) is 4.79 Å². The van der Waals surface area contributed by atoms with Gasteiger partial charge in [0.05, 0.1) is 25.8 Å². The van der Waals surface area contributed by atoms with Crippen LogP contribution in [0.5, 0.6) is 11.5 Å². The second-order valence-electron chi connectivity index (χ2n) is 5.89. The van der Waals surface area contributed by atoms with E-state index in [1.165, 1.54) is 0 Å². The van der Waals surface area contributed by atoms with Crippen LogP contribution in [0.25, 0.3) is 0 Å². The first-order valence-corrected chi connectivity index (χ1v) is 8.26. The molecular formula is C18H22N4O3. The molecule has 1 aromatic carbocycles. The first kappa shape index (κ1) is 17.0. The molecule has 1 aromatic heterocycles. The number of ether oxygens (including phenoxy) is 2. The van der Waals surface area contributed by atoms with Crippen molar-refractivity contribution >= 4 is 17.5 Å². The normalized spacial score (nSPS) is 17.0. The SMILES string of the molecule is COc1ccc(NC(=O)C2CCCN(c3ncccn3)C2)c(OC)c1. The molecule has 0 bridgehead atoms. The summed E-state index contributed by atoms with van der Waals surface area (Å²) in [6.45, 7) is 1.47. The highest BCUT2D eigenvalue weighted by Gasteiger charge is 2.27. The Morgan fingerprint density at radius 1 is 1.24 bits per heavy atom. The van der Waals surface area contributed by atoms with E-state index < -0.39 is 0 Å². The van der Waals surface area contributed by atoms with Gasteiger partial charge in [-0.2, -0.15) is 0 Å². The molecule has 1 N–H and O–H groups in total. The van der Waals surface area contributed by atoms with Gasteiger partial charge in [0.2, 0.25) is 11.9 Å². The van der Waals surface area contributed by atoms with Crippen molar-refractivity contribution in [2.45, 2.75) is 12.8 Å². The molecule has 25 heavy (non-hydrogen) atoms. The second-order valence-corrected chi connectivity index (χ2v) is 5.89. The van der Waals surface area contributed by atoms with Gasteiger partial charge in [-0.1, -0.05) is 0 Å². The number of piperidine rings is 1. The summed E-state index contributed by atoms with van der Waals surface area (Å²) in [6.07, 6.45) is 5.20. The molecule has 1 unspecified atom stereocenters. The molecule has 7 heteroatoms. The van der Waals surface area contributed by atoms with Gasteiger partial charge in [0.25, 0.3) is 0 Å². The van der Waals surface area contributed by atoms with Crippen LogP contribution in [-0.4, -0.2) is 43.2 Å². The van der Waals surface area contributed by atoms with Crippen molar-refractivity contribution < 1.29 is 14.3 Å². The molecule has 0 saturated carbocycles. The third-order valence-corrected chi connectivity index (χ3v) is 4.29. The van der Waals surface area contributed by atoms with E-state index >= 15 is 0 Å². The fourth-order valence-electron chi connectivity index (χ4n) is 2.96. The molecule has 1 saturated heterocycles. The Labute approximate surface area is 147 Å². The van der Waals surface area contributed by atoms with Crippen LogP contribution < -0.4 is 19.7 Å². The number of methoxy groups -OCH3 is 2. The molecule has 3 rings (SSSR count). The number of carbonyl (C=O) groups excluding carboxylic acids is 1. The summed E-state index contributed by atoms with van der Waals surface area (Å²) in [7, 11) is 3.16. The Morgan fingerprint density at radius 3 is 2.76 bits per heavy atom. The number of hydrogen-bond acceptors (Lipinski definition) is 6. The van der Waals surface area contributed by atoms with Gasteiger partial charge in [0.1, 0.15) is 11.5 Å². The van der Waals surface area contributed by atoms with Crippen LogP contribution in [0, 0.1) is 5.92 Å². The zero-order valence-corrected chi connectivity index (χ0v) is 14.4. The number of amides is 1. The van der Waals surface area contributed by atoms with Gasteiger partial charge < -0.3 is 19.7 Å². The molecule has 0 aliphatic carbocycles. The Bertz CT molecular complexity index is 724. The van der Waals surface area contributed by atoms with Crippen LogP contribution in [0.1, 0.15) is 12.8 Å². The van der Waals surface area contributed by atoms with Crippen LogP contribution in [0.3, 0.4) is 0 Å². The minimum absolute atomic E-state index is 0.0240. The largest absolute Gasteiger partial charge is 0.497 e. The molecule has 0 spiro atoms. The lowest BCUT2D eigenvalue weighted by Crippen LogP contribution is -2.41. The van der Waals surface area contributed by atoms with Gasteiger partial charge in [0, 0.05) is 31.5 Å². The van der Waals surface area contributed by atoms with Crippen molar-refractivity contribution in [1.29, 1.82) is 0 Å². The summed E-state index contributed by atoms with van der Waals surface area (Å²) >= 11 is 0. The highest BCUT2D eigenvalue weighted by molar-refractivity contribution is 5.94. The predicted molar refractivity (Wildman–Crippen MR) is 95.1 cm³/mol. The number of nitrogens with one attached hydrogen (secondary N) is 1. The lowest BCUT2D eigenvalue weighted by molar-refractivity contribution is -0.120. The summed E-state index contributed by atoms with van der Waals surface area (Å²) in [4.78, 5) is 23.3. The van der Waals surface area contributed by atoms with Gasteiger partial charge in [-0.3, -0.25) is 4.79 Å². The molecule has 2 aromatic rings. The number of anilines is 2. The van der Waals surface area contributed by atoms with Gasteiger partial charge in [-0.05, 0) is 31.0 Å². The highest BCUT2D eigenvalue weighted by atomic mass is 16.5. The smallest absolute Gasteiger partial charge is 0.229 e. The maximum atomic E-state index is 12.7. The number of benzene rings is 1. The molecule has 1 amide bonds. The third kappa shape index (κ3) is 3.99. The second kappa shape index (κ2) is 7.83. The monoisotopic (exact) mass is 342 g/mol. The lowest BCUT2D eigenvalue weighted by Gasteiger charge is -2.32. The standard InChI is InChI=1S/C18H22N4O3/c1-24-14-6-7-15(16(11-14)25-2)21-17(23)13-5-3-10-22(12-13)18-19-8-4-9-20-18/h4,6-9,11,13H,3,5,10,12H2,1-2H3,(H,21,23). The average molecular weight is 342 g/mol. The van der Waals surface area contributed by atoms with Crippen molar-refractivity contribution in [3.63, 3.8) is 0 Å². The maximum absolute atomic E-state index is 12.7. The van der Waals surface area contributed by atoms with Gasteiger partial charge in [-0.15, -0.1) is 0 Å². The fourth-order valence-corrected chi connectivity index (χ4v) is 2.96. The summed E-state index contributed by atoms with van der Waals surface area (Å²) in [5, 5.41) is 2.97. The molecule has 132 valence electrons. The van der Waals surface area contributed by atoms with Gasteiger partial charge in [-0.25, -0.2) is 9.97 Å². The first-order chi connectivity index (χ1) is 12.2. The van der Waals surface area contributed by atoms with E-state index in [4.69, 9.17) is 9.47 Å². The number of aromatic nitrogens is 2. The Kier molecular flexibility index (Phi) is 5.33. The zero-order chi connectivity index (χ0) is 17.6. The minimum Gasteiger partial charge on any atom is -0.497 e. The minimum atomic E-state index is -0.121. The number of carbonyl (C=O) groups is 1. The topological polar surface area (TPSA) is 76.6 Å². The van der Waals surface area contributed by atoms with Gasteiger partial charge >= 0.3 is 0 Å². The summed E-state index contributed by atoms with van der Waals surface area (Å²) in [5.41, 5.74) is 0.640. The van der Waals surface area contributed by atoms with Crippen molar-refractivity contribution in [2.75, 3.05) is 37.5 Å². The van der Waals surface area contributed by atoms with Crippen molar-refractivity contribution in [1.82, 2.24) is 9.97 Å². The summed E-state index contributed by atoms with van der Waals surface area (Å²) in [6, 6.07) is 7.12. The fraction of sp³-hybridized carbons (Fsp3) is 0.389. The Hall–Kier alpha value is -2.83. The number of nitrogens with zero attached hydrogens (tertiary/aromatic N) is 3. The number of rotatable bonds is 5. The molecule has 1 aliphatic heterocycles. The zero-order valence-electron chi connectivity index (χ0n) is 14.4. The molecular weight excluding hydrogens is 320 g/mol. The summed E-state index contributed by atoms with van der Waals surface area (Å²) < 4.78 is 10.5. The summed E-state index contributed by atoms with van der Waals surface area (Å²) in [5.74, 6) is 1.78. The third-order valence-electron chi connectivity index (χ3n) is 4.29. The quantitative estimate of drug-likeness (QED) is 0.899. The van der Waals surface area contributed by atoms with Crippen LogP contribution in [0.2, 0.25) is 0 Å². The van der Waals surface area contributed by atoms with Crippen LogP contribution >= 0.6 is 0 Å². The lowest BCUT2D eigenvalue weighted by atomic mass is 9.97. The maximum Gasteiger partial charge on any atom is 0.229 e. The van der Waals surface area contributed by atoms with E-state index in [0.29, 0.717) is 29.7 Å². The van der Waals surface area contributed by atoms with E-state index in [0.717, 1.165) is 19.4 Å². The molecule has 2 heterocycles. The van der Waals surface area contributed by atoms with Crippen molar-refractivity contribution in [3.05, 3.63) is 36.7 Å². The molecule has 1 fully saturated rings. The average Bonchev–Trinajstić information content (AvgIpc) is 2.69. The van der Waals surface area contributed by atoms with E-state index in [9.17, 15) is 4.79 Å². The molecule has 7 nitrogen and oxygen atoms in total. The van der Waals surface area contributed by atoms with Gasteiger partial charge in [0.15, 0.2) is 0 Å². The molecule has 1 atom stereocenters. The van der Waals surface area contributed by atoms with Crippen LogP contribution in [0.15, 0.2) is 36.7 Å². The first-order valence-electron chi connectivity index (χ1n) is 8.26. The Balaban J connectivity index is 1.69. The Morgan fingerprint density at radius 2 is 2.04 bits per heavy atom. The van der Waals surface area contributed by atoms with Crippen molar-refractivity contribution in [2.24, 2.45) is 5.92 Å². The van der Waals surface area contributed by atoms with Crippen molar-refractivity contribution in [3.8, 4) is 11.5 Å².